The van der Waals surface area contributed by atoms with E-state index in [2.05, 4.69) is 45.1 Å². The SMILES string of the molecule is CCCCCCC=CCCCCCCCCC(O)(CO)C(O)(CCCCCCCCC=CCCCCCC)CCCCCCCCCCCCCCCC. The van der Waals surface area contributed by atoms with Gasteiger partial charge in [-0.3, -0.25) is 0 Å². The lowest BCUT2D eigenvalue weighted by molar-refractivity contribution is -0.185. The summed E-state index contributed by atoms with van der Waals surface area (Å²) in [5, 5.41) is 34.4. The van der Waals surface area contributed by atoms with Crippen LogP contribution in [0.5, 0.6) is 0 Å². The summed E-state index contributed by atoms with van der Waals surface area (Å²) in [5.41, 5.74) is -2.59. The van der Waals surface area contributed by atoms with Crippen LogP contribution >= 0.6 is 0 Å². The number of aliphatic hydroxyl groups is 3. The van der Waals surface area contributed by atoms with Crippen molar-refractivity contribution in [2.75, 3.05) is 6.61 Å². The molecule has 0 aliphatic heterocycles. The minimum absolute atomic E-state index is 0.334. The molecule has 0 aromatic carbocycles. The predicted molar refractivity (Wildman–Crippen MR) is 242 cm³/mol. The topological polar surface area (TPSA) is 60.7 Å². The third-order valence-corrected chi connectivity index (χ3v) is 12.3. The van der Waals surface area contributed by atoms with E-state index in [9.17, 15) is 15.3 Å². The Hall–Kier alpha value is -0.640. The first-order chi connectivity index (χ1) is 26.5. The van der Waals surface area contributed by atoms with Gasteiger partial charge in [-0.25, -0.2) is 0 Å². The fraction of sp³-hybridized carbons (Fsp3) is 0.922. The van der Waals surface area contributed by atoms with Crippen molar-refractivity contribution in [3.63, 3.8) is 0 Å². The van der Waals surface area contributed by atoms with Crippen LogP contribution in [0.2, 0.25) is 0 Å². The van der Waals surface area contributed by atoms with Gasteiger partial charge in [0.25, 0.3) is 0 Å². The Kier molecular flexibility index (Phi) is 41.5. The van der Waals surface area contributed by atoms with E-state index in [4.69, 9.17) is 0 Å². The van der Waals surface area contributed by atoms with Gasteiger partial charge in [-0.1, -0.05) is 238 Å². The second-order valence-corrected chi connectivity index (χ2v) is 17.5. The first kappa shape index (κ1) is 53.4. The normalized spacial score (nSPS) is 14.4. The average Bonchev–Trinajstić information content (AvgIpc) is 3.18. The zero-order valence-corrected chi connectivity index (χ0v) is 37.3. The molecule has 3 heteroatoms. The maximum atomic E-state index is 12.1. The van der Waals surface area contributed by atoms with Crippen LogP contribution in [0.4, 0.5) is 0 Å². The Morgan fingerprint density at radius 1 is 0.278 bits per heavy atom. The maximum Gasteiger partial charge on any atom is 0.116 e. The fourth-order valence-electron chi connectivity index (χ4n) is 8.28. The van der Waals surface area contributed by atoms with Crippen molar-refractivity contribution >= 4 is 0 Å². The fourth-order valence-corrected chi connectivity index (χ4v) is 8.28. The van der Waals surface area contributed by atoms with E-state index in [1.54, 1.807) is 0 Å². The third-order valence-electron chi connectivity index (χ3n) is 12.3. The van der Waals surface area contributed by atoms with Crippen LogP contribution in [0, 0.1) is 0 Å². The Labute approximate surface area is 340 Å². The van der Waals surface area contributed by atoms with Crippen molar-refractivity contribution in [2.45, 2.75) is 295 Å². The highest BCUT2D eigenvalue weighted by Crippen LogP contribution is 2.37. The highest BCUT2D eigenvalue weighted by atomic mass is 16.4. The second-order valence-electron chi connectivity index (χ2n) is 17.5. The molecule has 0 aromatic rings. The molecule has 0 aliphatic rings. The highest BCUT2D eigenvalue weighted by molar-refractivity contribution is 4.99. The second kappa shape index (κ2) is 42.0. The number of hydrogen-bond donors (Lipinski definition) is 3. The molecule has 3 N–H and O–H groups in total. The van der Waals surface area contributed by atoms with Crippen molar-refractivity contribution in [3.05, 3.63) is 24.3 Å². The molecule has 0 heterocycles. The quantitative estimate of drug-likeness (QED) is 0.0428. The molecule has 0 radical (unpaired) electrons. The molecule has 0 spiro atoms. The van der Waals surface area contributed by atoms with Crippen molar-refractivity contribution < 1.29 is 15.3 Å². The van der Waals surface area contributed by atoms with Gasteiger partial charge in [0.05, 0.1) is 12.2 Å². The molecule has 0 aromatic heterocycles. The van der Waals surface area contributed by atoms with Gasteiger partial charge < -0.3 is 15.3 Å². The Balaban J connectivity index is 4.55. The number of aliphatic hydroxyl groups excluding tert-OH is 1. The van der Waals surface area contributed by atoms with E-state index in [0.29, 0.717) is 19.3 Å². The van der Waals surface area contributed by atoms with Crippen LogP contribution in [0.25, 0.3) is 0 Å². The first-order valence-corrected chi connectivity index (χ1v) is 24.8. The van der Waals surface area contributed by atoms with E-state index < -0.39 is 11.2 Å². The summed E-state index contributed by atoms with van der Waals surface area (Å²) >= 11 is 0. The number of allylic oxidation sites excluding steroid dienone is 4. The first-order valence-electron chi connectivity index (χ1n) is 24.8. The van der Waals surface area contributed by atoms with E-state index in [0.717, 1.165) is 38.5 Å². The molecule has 0 saturated heterocycles. The van der Waals surface area contributed by atoms with Gasteiger partial charge in [-0.05, 0) is 70.6 Å². The lowest BCUT2D eigenvalue weighted by Gasteiger charge is -2.43. The molecular weight excluding hydrogens is 661 g/mol. The van der Waals surface area contributed by atoms with Crippen molar-refractivity contribution in [1.82, 2.24) is 0 Å². The molecule has 2 atom stereocenters. The van der Waals surface area contributed by atoms with Crippen LogP contribution in [-0.2, 0) is 0 Å². The van der Waals surface area contributed by atoms with Gasteiger partial charge in [-0.15, -0.1) is 0 Å². The van der Waals surface area contributed by atoms with Crippen molar-refractivity contribution in [2.24, 2.45) is 0 Å². The lowest BCUT2D eigenvalue weighted by atomic mass is 9.73. The maximum absolute atomic E-state index is 12.1. The van der Waals surface area contributed by atoms with Gasteiger partial charge in [0, 0.05) is 0 Å². The summed E-state index contributed by atoms with van der Waals surface area (Å²) in [7, 11) is 0. The van der Waals surface area contributed by atoms with E-state index in [1.165, 1.54) is 205 Å². The molecule has 54 heavy (non-hydrogen) atoms. The zero-order chi connectivity index (χ0) is 39.5. The number of unbranched alkanes of at least 4 members (excludes halogenated alkanes) is 33. The molecule has 0 rings (SSSR count). The smallest absolute Gasteiger partial charge is 0.116 e. The van der Waals surface area contributed by atoms with Crippen LogP contribution < -0.4 is 0 Å². The monoisotopic (exact) mass is 761 g/mol. The molecule has 2 unspecified atom stereocenters. The molecule has 0 aliphatic carbocycles. The van der Waals surface area contributed by atoms with Crippen LogP contribution in [0.3, 0.4) is 0 Å². The van der Waals surface area contributed by atoms with Gasteiger partial charge in [0.1, 0.15) is 5.60 Å². The summed E-state index contributed by atoms with van der Waals surface area (Å²) < 4.78 is 0. The van der Waals surface area contributed by atoms with Crippen LogP contribution in [-0.4, -0.2) is 33.1 Å². The molecular formula is C51H100O3. The molecule has 0 bridgehead atoms. The Morgan fingerprint density at radius 3 is 0.741 bits per heavy atom. The third kappa shape index (κ3) is 33.5. The molecule has 0 saturated carbocycles. The van der Waals surface area contributed by atoms with Crippen LogP contribution in [0.15, 0.2) is 24.3 Å². The number of hydrogen-bond acceptors (Lipinski definition) is 3. The standard InChI is InChI=1S/C51H100O3/c1-4-7-10-13-16-19-22-25-28-31-34-37-40-43-46-50(53,47-44-41-38-35-32-29-26-23-20-17-14-11-8-5-2)51(54,49-52)48-45-42-39-36-33-30-27-24-21-18-15-12-9-6-3/h19,21-22,24,52-54H,4-18,20,23,25-49H2,1-3H3. The molecule has 3 nitrogen and oxygen atoms in total. The van der Waals surface area contributed by atoms with Gasteiger partial charge in [-0.2, -0.15) is 0 Å². The lowest BCUT2D eigenvalue weighted by Crippen LogP contribution is -2.56. The minimum Gasteiger partial charge on any atom is -0.393 e. The molecule has 0 fully saturated rings. The minimum atomic E-state index is -1.39. The average molecular weight is 761 g/mol. The molecule has 322 valence electrons. The van der Waals surface area contributed by atoms with Gasteiger partial charge in [0.2, 0.25) is 0 Å². The largest absolute Gasteiger partial charge is 0.393 e. The van der Waals surface area contributed by atoms with E-state index in [-0.39, 0.29) is 6.61 Å². The van der Waals surface area contributed by atoms with Crippen molar-refractivity contribution in [3.8, 4) is 0 Å². The summed E-state index contributed by atoms with van der Waals surface area (Å²) in [4.78, 5) is 0. The van der Waals surface area contributed by atoms with Gasteiger partial charge >= 0.3 is 0 Å². The van der Waals surface area contributed by atoms with Crippen LogP contribution in [0.1, 0.15) is 284 Å². The van der Waals surface area contributed by atoms with E-state index in [1.807, 2.05) is 0 Å². The summed E-state index contributed by atoms with van der Waals surface area (Å²) in [6, 6.07) is 0. The Bertz CT molecular complexity index is 777. The number of rotatable bonds is 45. The predicted octanol–water partition coefficient (Wildman–Crippen LogP) is 16.6. The van der Waals surface area contributed by atoms with E-state index >= 15 is 0 Å². The summed E-state index contributed by atoms with van der Waals surface area (Å²) in [6.45, 7) is 6.49. The van der Waals surface area contributed by atoms with Gasteiger partial charge in [0.15, 0.2) is 0 Å². The molecule has 0 amide bonds. The summed E-state index contributed by atoms with van der Waals surface area (Å²) in [5.74, 6) is 0. The zero-order valence-electron chi connectivity index (χ0n) is 37.3. The van der Waals surface area contributed by atoms with Crippen molar-refractivity contribution in [1.29, 1.82) is 0 Å². The highest BCUT2D eigenvalue weighted by Gasteiger charge is 2.47. The summed E-state index contributed by atoms with van der Waals surface area (Å²) in [6.07, 6.45) is 59.1. The Morgan fingerprint density at radius 2 is 0.481 bits per heavy atom.